The van der Waals surface area contributed by atoms with E-state index in [0.717, 1.165) is 30.3 Å². The number of likely N-dealkylation sites (tertiary alicyclic amines) is 1. The molecule has 2 fully saturated rings. The summed E-state index contributed by atoms with van der Waals surface area (Å²) in [7, 11) is 0. The van der Waals surface area contributed by atoms with E-state index in [1.165, 1.54) is 19.3 Å². The zero-order valence-electron chi connectivity index (χ0n) is 10.9. The molecule has 1 N–H and O–H groups in total. The van der Waals surface area contributed by atoms with Crippen molar-refractivity contribution in [2.75, 3.05) is 13.1 Å². The molecule has 0 radical (unpaired) electrons. The van der Waals surface area contributed by atoms with Gasteiger partial charge in [0.25, 0.3) is 0 Å². The van der Waals surface area contributed by atoms with Gasteiger partial charge in [-0.15, -0.1) is 11.3 Å². The molecule has 4 rings (SSSR count). The Bertz CT molecular complexity index is 536. The Balaban J connectivity index is 1.49. The van der Waals surface area contributed by atoms with Gasteiger partial charge in [-0.25, -0.2) is 4.98 Å². The van der Waals surface area contributed by atoms with Crippen LogP contribution in [0.1, 0.15) is 25.0 Å². The highest BCUT2D eigenvalue weighted by Crippen LogP contribution is 2.35. The first kappa shape index (κ1) is 11.9. The molecule has 102 valence electrons. The van der Waals surface area contributed by atoms with Crippen LogP contribution in [0.3, 0.4) is 0 Å². The summed E-state index contributed by atoms with van der Waals surface area (Å²) in [5.41, 5.74) is 1.15. The van der Waals surface area contributed by atoms with Gasteiger partial charge in [-0.1, -0.05) is 6.42 Å². The largest absolute Gasteiger partial charge is 0.392 e. The molecule has 3 heterocycles. The summed E-state index contributed by atoms with van der Waals surface area (Å²) >= 11 is 1.68. The van der Waals surface area contributed by atoms with Crippen LogP contribution in [0, 0.1) is 11.8 Å². The van der Waals surface area contributed by atoms with Crippen molar-refractivity contribution >= 4 is 16.3 Å². The highest BCUT2D eigenvalue weighted by atomic mass is 32.1. The van der Waals surface area contributed by atoms with Crippen molar-refractivity contribution in [1.82, 2.24) is 14.3 Å². The van der Waals surface area contributed by atoms with Crippen molar-refractivity contribution in [2.45, 2.75) is 31.9 Å². The summed E-state index contributed by atoms with van der Waals surface area (Å²) in [5.74, 6) is 0.965. The van der Waals surface area contributed by atoms with Crippen LogP contribution in [0.2, 0.25) is 0 Å². The van der Waals surface area contributed by atoms with Crippen LogP contribution in [0.25, 0.3) is 4.96 Å². The number of fused-ring (bicyclic) bond motifs is 3. The quantitative estimate of drug-likeness (QED) is 0.912. The fourth-order valence-electron chi connectivity index (χ4n) is 3.72. The van der Waals surface area contributed by atoms with Gasteiger partial charge < -0.3 is 5.11 Å². The Morgan fingerprint density at radius 2 is 2.11 bits per heavy atom. The zero-order chi connectivity index (χ0) is 12.8. The van der Waals surface area contributed by atoms with Gasteiger partial charge in [-0.2, -0.15) is 0 Å². The maximum absolute atomic E-state index is 10.2. The number of aliphatic hydroxyl groups excluding tert-OH is 1. The molecule has 19 heavy (non-hydrogen) atoms. The Labute approximate surface area is 116 Å². The van der Waals surface area contributed by atoms with E-state index in [4.69, 9.17) is 0 Å². The van der Waals surface area contributed by atoms with Gasteiger partial charge >= 0.3 is 0 Å². The van der Waals surface area contributed by atoms with Crippen molar-refractivity contribution in [3.63, 3.8) is 0 Å². The number of aromatic nitrogens is 2. The van der Waals surface area contributed by atoms with Crippen LogP contribution in [0.4, 0.5) is 0 Å². The molecule has 2 aliphatic rings. The van der Waals surface area contributed by atoms with E-state index >= 15 is 0 Å². The second-order valence-electron chi connectivity index (χ2n) is 5.96. The highest BCUT2D eigenvalue weighted by molar-refractivity contribution is 7.15. The predicted molar refractivity (Wildman–Crippen MR) is 75.2 cm³/mol. The van der Waals surface area contributed by atoms with Crippen molar-refractivity contribution in [1.29, 1.82) is 0 Å². The van der Waals surface area contributed by atoms with Gasteiger partial charge in [0, 0.05) is 37.4 Å². The molecule has 1 saturated heterocycles. The van der Waals surface area contributed by atoms with E-state index in [-0.39, 0.29) is 6.10 Å². The summed E-state index contributed by atoms with van der Waals surface area (Å²) in [6, 6.07) is 0. The monoisotopic (exact) mass is 277 g/mol. The minimum atomic E-state index is -0.0597. The fourth-order valence-corrected chi connectivity index (χ4v) is 4.43. The summed E-state index contributed by atoms with van der Waals surface area (Å²) in [6.07, 6.45) is 7.80. The average Bonchev–Trinajstić information content (AvgIpc) is 2.91. The minimum absolute atomic E-state index is 0.0597. The van der Waals surface area contributed by atoms with E-state index < -0.39 is 0 Å². The smallest absolute Gasteiger partial charge is 0.193 e. The van der Waals surface area contributed by atoms with Crippen LogP contribution in [0.5, 0.6) is 0 Å². The van der Waals surface area contributed by atoms with Crippen molar-refractivity contribution in [3.05, 3.63) is 23.5 Å². The SMILES string of the molecule is OC1C2CCCC1CN(Cc1cn3ccsc3n1)C2. The van der Waals surface area contributed by atoms with Gasteiger partial charge in [0.2, 0.25) is 0 Å². The first-order valence-electron chi connectivity index (χ1n) is 7.11. The third-order valence-electron chi connectivity index (χ3n) is 4.63. The Hall–Kier alpha value is -0.910. The van der Waals surface area contributed by atoms with Gasteiger partial charge in [-0.3, -0.25) is 9.30 Å². The number of rotatable bonds is 2. The first-order valence-corrected chi connectivity index (χ1v) is 7.99. The normalized spacial score (nSPS) is 31.9. The molecule has 2 unspecified atom stereocenters. The number of aliphatic hydroxyl groups is 1. The summed E-state index contributed by atoms with van der Waals surface area (Å²) in [6.45, 7) is 2.99. The Morgan fingerprint density at radius 3 is 2.84 bits per heavy atom. The van der Waals surface area contributed by atoms with Crippen molar-refractivity contribution in [2.24, 2.45) is 11.8 Å². The van der Waals surface area contributed by atoms with Gasteiger partial charge in [0.15, 0.2) is 4.96 Å². The van der Waals surface area contributed by atoms with E-state index in [1.807, 2.05) is 0 Å². The number of hydrogen-bond donors (Lipinski definition) is 1. The van der Waals surface area contributed by atoms with Crippen LogP contribution in [0.15, 0.2) is 17.8 Å². The van der Waals surface area contributed by atoms with Crippen molar-refractivity contribution < 1.29 is 5.11 Å². The average molecular weight is 277 g/mol. The molecule has 1 aliphatic carbocycles. The molecule has 2 aromatic rings. The summed E-state index contributed by atoms with van der Waals surface area (Å²) in [5, 5.41) is 12.3. The number of nitrogens with zero attached hydrogens (tertiary/aromatic N) is 3. The number of imidazole rings is 1. The molecule has 5 heteroatoms. The standard InChI is InChI=1S/C14H19N3OS/c18-13-10-2-1-3-11(13)7-16(6-10)8-12-9-17-4-5-19-14(17)15-12/h4-5,9-11,13,18H,1-3,6-8H2. The lowest BCUT2D eigenvalue weighted by Crippen LogP contribution is -2.51. The predicted octanol–water partition coefficient (Wildman–Crippen LogP) is 1.99. The van der Waals surface area contributed by atoms with E-state index in [1.54, 1.807) is 11.3 Å². The van der Waals surface area contributed by atoms with Gasteiger partial charge in [0.1, 0.15) is 0 Å². The topological polar surface area (TPSA) is 40.8 Å². The molecule has 2 bridgehead atoms. The van der Waals surface area contributed by atoms with E-state index in [0.29, 0.717) is 11.8 Å². The second kappa shape index (κ2) is 4.58. The summed E-state index contributed by atoms with van der Waals surface area (Å²) < 4.78 is 2.10. The van der Waals surface area contributed by atoms with E-state index in [9.17, 15) is 5.11 Å². The van der Waals surface area contributed by atoms with Crippen LogP contribution in [-0.4, -0.2) is 38.6 Å². The molecule has 4 nitrogen and oxygen atoms in total. The molecule has 2 atom stereocenters. The Morgan fingerprint density at radius 1 is 1.32 bits per heavy atom. The number of hydrogen-bond acceptors (Lipinski definition) is 4. The van der Waals surface area contributed by atoms with Crippen LogP contribution >= 0.6 is 11.3 Å². The molecule has 0 amide bonds. The fraction of sp³-hybridized carbons (Fsp3) is 0.643. The lowest BCUT2D eigenvalue weighted by Gasteiger charge is -2.44. The molecule has 2 aromatic heterocycles. The minimum Gasteiger partial charge on any atom is -0.392 e. The third kappa shape index (κ3) is 2.10. The number of thiazole rings is 1. The lowest BCUT2D eigenvalue weighted by molar-refractivity contribution is -0.0519. The molecular formula is C14H19N3OS. The zero-order valence-corrected chi connectivity index (χ0v) is 11.7. The van der Waals surface area contributed by atoms with Crippen molar-refractivity contribution in [3.8, 4) is 0 Å². The molecule has 0 spiro atoms. The van der Waals surface area contributed by atoms with E-state index in [2.05, 4.69) is 32.1 Å². The van der Waals surface area contributed by atoms with Crippen LogP contribution in [-0.2, 0) is 6.54 Å². The molecule has 1 saturated carbocycles. The lowest BCUT2D eigenvalue weighted by atomic mass is 9.75. The first-order chi connectivity index (χ1) is 9.29. The maximum Gasteiger partial charge on any atom is 0.193 e. The summed E-state index contributed by atoms with van der Waals surface area (Å²) in [4.78, 5) is 8.21. The Kier molecular flexibility index (Phi) is 2.86. The molecule has 0 aromatic carbocycles. The highest BCUT2D eigenvalue weighted by Gasteiger charge is 2.38. The number of piperidine rings is 1. The second-order valence-corrected chi connectivity index (χ2v) is 6.83. The van der Waals surface area contributed by atoms with Crippen LogP contribution < -0.4 is 0 Å². The molecule has 1 aliphatic heterocycles. The maximum atomic E-state index is 10.2. The molecular weight excluding hydrogens is 258 g/mol. The third-order valence-corrected chi connectivity index (χ3v) is 5.40. The van der Waals surface area contributed by atoms with Gasteiger partial charge in [0.05, 0.1) is 11.8 Å². The van der Waals surface area contributed by atoms with Gasteiger partial charge in [-0.05, 0) is 24.7 Å².